The number of hydrogen-bond donors (Lipinski definition) is 1. The Kier molecular flexibility index (Phi) is 8.28. The van der Waals surface area contributed by atoms with Gasteiger partial charge in [-0.05, 0) is 28.8 Å². The van der Waals surface area contributed by atoms with Crippen LogP contribution in [0.15, 0.2) is 121 Å². The second-order valence-corrected chi connectivity index (χ2v) is 8.13. The summed E-state index contributed by atoms with van der Waals surface area (Å²) >= 11 is 0. The maximum absolute atomic E-state index is 13.6. The van der Waals surface area contributed by atoms with E-state index in [1.54, 1.807) is 17.0 Å². The van der Waals surface area contributed by atoms with Gasteiger partial charge in [0.05, 0.1) is 0 Å². The molecule has 1 atom stereocenters. The van der Waals surface area contributed by atoms with Crippen LogP contribution < -0.4 is 10.1 Å². The molecular weight excluding hydrogens is 436 g/mol. The number of rotatable bonds is 10. The number of amides is 2. The molecule has 0 radical (unpaired) electrons. The lowest BCUT2D eigenvalue weighted by molar-refractivity contribution is -0.143. The largest absolute Gasteiger partial charge is 0.484 e. The summed E-state index contributed by atoms with van der Waals surface area (Å²) in [5, 5.41) is 3.02. The van der Waals surface area contributed by atoms with E-state index in [0.717, 1.165) is 16.7 Å². The topological polar surface area (TPSA) is 58.6 Å². The van der Waals surface area contributed by atoms with Gasteiger partial charge < -0.3 is 15.0 Å². The highest BCUT2D eigenvalue weighted by Crippen LogP contribution is 2.24. The Hall–Kier alpha value is -4.38. The number of nitrogens with zero attached hydrogens (tertiary/aromatic N) is 1. The van der Waals surface area contributed by atoms with Gasteiger partial charge in [0.25, 0.3) is 5.91 Å². The van der Waals surface area contributed by atoms with Crippen LogP contribution in [0.5, 0.6) is 5.75 Å². The summed E-state index contributed by atoms with van der Waals surface area (Å²) in [6, 6.07) is 37.1. The van der Waals surface area contributed by atoms with Gasteiger partial charge in [0, 0.05) is 13.1 Å². The number of nitrogens with one attached hydrogen (secondary N) is 1. The second-order valence-electron chi connectivity index (χ2n) is 8.13. The van der Waals surface area contributed by atoms with Crippen molar-refractivity contribution in [1.29, 1.82) is 0 Å². The lowest BCUT2D eigenvalue weighted by Crippen LogP contribution is -2.45. The van der Waals surface area contributed by atoms with Crippen molar-refractivity contribution in [3.63, 3.8) is 0 Å². The molecule has 0 heterocycles. The SMILES string of the molecule is O=C(NCc1ccccc1)[C@@H](c1ccccc1)N(Cc1ccccc1)C(=O)COc1ccccc1. The Bertz CT molecular complexity index is 1200. The quantitative estimate of drug-likeness (QED) is 0.353. The van der Waals surface area contributed by atoms with E-state index in [4.69, 9.17) is 4.74 Å². The first-order valence-corrected chi connectivity index (χ1v) is 11.6. The molecule has 0 aliphatic rings. The van der Waals surface area contributed by atoms with Crippen LogP contribution in [0.1, 0.15) is 22.7 Å². The number of carbonyl (C=O) groups excluding carboxylic acids is 2. The van der Waals surface area contributed by atoms with Crippen LogP contribution in [0.25, 0.3) is 0 Å². The third kappa shape index (κ3) is 6.81. The second kappa shape index (κ2) is 12.2. The molecule has 176 valence electrons. The number of para-hydroxylation sites is 1. The van der Waals surface area contributed by atoms with Crippen molar-refractivity contribution in [2.45, 2.75) is 19.1 Å². The average molecular weight is 465 g/mol. The molecular formula is C30H28N2O3. The van der Waals surface area contributed by atoms with E-state index >= 15 is 0 Å². The predicted octanol–water partition coefficient (Wildman–Crippen LogP) is 5.15. The fourth-order valence-electron chi connectivity index (χ4n) is 3.84. The van der Waals surface area contributed by atoms with E-state index in [1.807, 2.05) is 109 Å². The standard InChI is InChI=1S/C30H28N2O3/c33-28(23-35-27-19-11-4-12-20-27)32(22-25-15-7-2-8-16-25)29(26-17-9-3-10-18-26)30(34)31-21-24-13-5-1-6-14-24/h1-20,29H,21-23H2,(H,31,34)/t29-/m1/s1. The molecule has 1 N–H and O–H groups in total. The first kappa shape index (κ1) is 23.8. The first-order valence-electron chi connectivity index (χ1n) is 11.6. The minimum Gasteiger partial charge on any atom is -0.484 e. The van der Waals surface area contributed by atoms with E-state index < -0.39 is 6.04 Å². The van der Waals surface area contributed by atoms with Crippen molar-refractivity contribution in [2.75, 3.05) is 6.61 Å². The smallest absolute Gasteiger partial charge is 0.261 e. The van der Waals surface area contributed by atoms with Crippen LogP contribution in [0.2, 0.25) is 0 Å². The average Bonchev–Trinajstić information content (AvgIpc) is 2.92. The van der Waals surface area contributed by atoms with Crippen LogP contribution >= 0.6 is 0 Å². The van der Waals surface area contributed by atoms with Gasteiger partial charge in [0.1, 0.15) is 11.8 Å². The van der Waals surface area contributed by atoms with Gasteiger partial charge in [0.15, 0.2) is 6.61 Å². The molecule has 0 aromatic heterocycles. The molecule has 0 saturated heterocycles. The summed E-state index contributed by atoms with van der Waals surface area (Å²) in [6.07, 6.45) is 0. The van der Waals surface area contributed by atoms with Crippen LogP contribution in [0.4, 0.5) is 0 Å². The Labute approximate surface area is 206 Å². The third-order valence-corrected chi connectivity index (χ3v) is 5.61. The minimum absolute atomic E-state index is 0.174. The zero-order valence-corrected chi connectivity index (χ0v) is 19.4. The number of ether oxygens (including phenoxy) is 1. The molecule has 5 heteroatoms. The molecule has 0 spiro atoms. The molecule has 4 aromatic rings. The summed E-state index contributed by atoms with van der Waals surface area (Å²) in [5.41, 5.74) is 2.65. The first-order chi connectivity index (χ1) is 17.2. The Morgan fingerprint density at radius 1 is 0.686 bits per heavy atom. The molecule has 5 nitrogen and oxygen atoms in total. The van der Waals surface area contributed by atoms with Crippen LogP contribution in [-0.2, 0) is 22.7 Å². The summed E-state index contributed by atoms with van der Waals surface area (Å²) in [5.74, 6) is 0.0794. The lowest BCUT2D eigenvalue weighted by atomic mass is 10.0. The fourth-order valence-corrected chi connectivity index (χ4v) is 3.84. The zero-order chi connectivity index (χ0) is 24.3. The van der Waals surface area contributed by atoms with Gasteiger partial charge in [-0.2, -0.15) is 0 Å². The van der Waals surface area contributed by atoms with E-state index in [9.17, 15) is 9.59 Å². The van der Waals surface area contributed by atoms with Crippen molar-refractivity contribution in [3.8, 4) is 5.75 Å². The minimum atomic E-state index is -0.813. The van der Waals surface area contributed by atoms with Gasteiger partial charge in [-0.1, -0.05) is 109 Å². The third-order valence-electron chi connectivity index (χ3n) is 5.61. The Balaban J connectivity index is 1.61. The normalized spacial score (nSPS) is 11.3. The molecule has 35 heavy (non-hydrogen) atoms. The summed E-state index contributed by atoms with van der Waals surface area (Å²) in [7, 11) is 0. The number of carbonyl (C=O) groups is 2. The van der Waals surface area contributed by atoms with Gasteiger partial charge in [-0.3, -0.25) is 9.59 Å². The number of benzene rings is 4. The van der Waals surface area contributed by atoms with Crippen LogP contribution in [0, 0.1) is 0 Å². The van der Waals surface area contributed by atoms with Gasteiger partial charge in [0.2, 0.25) is 5.91 Å². The van der Waals surface area contributed by atoms with Crippen LogP contribution in [-0.4, -0.2) is 23.3 Å². The number of hydrogen-bond acceptors (Lipinski definition) is 3. The van der Waals surface area contributed by atoms with Gasteiger partial charge in [-0.25, -0.2) is 0 Å². The Morgan fingerprint density at radius 2 is 1.20 bits per heavy atom. The van der Waals surface area contributed by atoms with E-state index in [-0.39, 0.29) is 25.0 Å². The van der Waals surface area contributed by atoms with Gasteiger partial charge >= 0.3 is 0 Å². The highest BCUT2D eigenvalue weighted by molar-refractivity contribution is 5.89. The molecule has 0 unspecified atom stereocenters. The van der Waals surface area contributed by atoms with Crippen molar-refractivity contribution >= 4 is 11.8 Å². The molecule has 0 aliphatic heterocycles. The van der Waals surface area contributed by atoms with E-state index in [0.29, 0.717) is 12.3 Å². The lowest BCUT2D eigenvalue weighted by Gasteiger charge is -2.31. The summed E-state index contributed by atoms with van der Waals surface area (Å²) in [4.78, 5) is 28.7. The highest BCUT2D eigenvalue weighted by Gasteiger charge is 2.31. The fraction of sp³-hybridized carbons (Fsp3) is 0.133. The van der Waals surface area contributed by atoms with E-state index in [1.165, 1.54) is 0 Å². The van der Waals surface area contributed by atoms with Crippen molar-refractivity contribution in [1.82, 2.24) is 10.2 Å². The van der Waals surface area contributed by atoms with Crippen molar-refractivity contribution < 1.29 is 14.3 Å². The zero-order valence-electron chi connectivity index (χ0n) is 19.4. The van der Waals surface area contributed by atoms with Crippen molar-refractivity contribution in [3.05, 3.63) is 138 Å². The Morgan fingerprint density at radius 3 is 1.80 bits per heavy atom. The summed E-state index contributed by atoms with van der Waals surface area (Å²) in [6.45, 7) is 0.471. The maximum atomic E-state index is 13.6. The molecule has 0 aliphatic carbocycles. The molecule has 0 fully saturated rings. The molecule has 0 saturated carbocycles. The molecule has 4 aromatic carbocycles. The molecule has 4 rings (SSSR count). The molecule has 0 bridgehead atoms. The molecule has 2 amide bonds. The van der Waals surface area contributed by atoms with Gasteiger partial charge in [-0.15, -0.1) is 0 Å². The maximum Gasteiger partial charge on any atom is 0.261 e. The monoisotopic (exact) mass is 464 g/mol. The predicted molar refractivity (Wildman–Crippen MR) is 136 cm³/mol. The van der Waals surface area contributed by atoms with Crippen LogP contribution in [0.3, 0.4) is 0 Å². The highest BCUT2D eigenvalue weighted by atomic mass is 16.5. The van der Waals surface area contributed by atoms with E-state index in [2.05, 4.69) is 5.32 Å². The summed E-state index contributed by atoms with van der Waals surface area (Å²) < 4.78 is 5.76. The van der Waals surface area contributed by atoms with Crippen molar-refractivity contribution in [2.24, 2.45) is 0 Å².